The van der Waals surface area contributed by atoms with Gasteiger partial charge in [-0.05, 0) is 44.1 Å². The fourth-order valence-corrected chi connectivity index (χ4v) is 1.75. The molecule has 1 radical (unpaired) electrons. The topological polar surface area (TPSA) is 30.5 Å². The van der Waals surface area contributed by atoms with Crippen molar-refractivity contribution in [1.29, 1.82) is 0 Å². The maximum Gasteiger partial charge on any atom is 0.161 e. The number of hydrogen-bond donors (Lipinski definition) is 1. The summed E-state index contributed by atoms with van der Waals surface area (Å²) in [5.41, 5.74) is 0. The Morgan fingerprint density at radius 1 is 1.33 bits per heavy atom. The molecule has 0 spiro atoms. The summed E-state index contributed by atoms with van der Waals surface area (Å²) in [5.74, 6) is 1.58. The molecule has 1 aromatic carbocycles. The Morgan fingerprint density at radius 3 is 2.87 bits per heavy atom. The van der Waals surface area contributed by atoms with E-state index in [0.717, 1.165) is 37.4 Å². The summed E-state index contributed by atoms with van der Waals surface area (Å²) in [6, 6.07) is 8.52. The zero-order chi connectivity index (χ0) is 10.5. The molecule has 0 amide bonds. The Hall–Kier alpha value is -1.22. The molecular formula is C12H16NO2. The summed E-state index contributed by atoms with van der Waals surface area (Å²) in [5, 5.41) is 3.31. The van der Waals surface area contributed by atoms with Crippen molar-refractivity contribution >= 4 is 0 Å². The average Bonchev–Trinajstić information content (AvgIpc) is 2.31. The lowest BCUT2D eigenvalue weighted by molar-refractivity contribution is 0.156. The van der Waals surface area contributed by atoms with Gasteiger partial charge in [-0.25, -0.2) is 0 Å². The van der Waals surface area contributed by atoms with Crippen molar-refractivity contribution in [2.45, 2.75) is 18.9 Å². The summed E-state index contributed by atoms with van der Waals surface area (Å²) in [6.45, 7) is 2.07. The van der Waals surface area contributed by atoms with Crippen LogP contribution in [0, 0.1) is 6.07 Å². The molecule has 1 saturated heterocycles. The van der Waals surface area contributed by atoms with Crippen LogP contribution in [0.15, 0.2) is 18.2 Å². The van der Waals surface area contributed by atoms with Gasteiger partial charge < -0.3 is 14.8 Å². The summed E-state index contributed by atoms with van der Waals surface area (Å²) >= 11 is 0. The van der Waals surface area contributed by atoms with Crippen molar-refractivity contribution in [2.24, 2.45) is 0 Å². The quantitative estimate of drug-likeness (QED) is 0.815. The molecule has 1 aliphatic heterocycles. The summed E-state index contributed by atoms with van der Waals surface area (Å²) < 4.78 is 11.1. The first kappa shape index (κ1) is 10.3. The third-order valence-corrected chi connectivity index (χ3v) is 2.59. The van der Waals surface area contributed by atoms with Gasteiger partial charge in [-0.2, -0.15) is 0 Å². The second-order valence-electron chi connectivity index (χ2n) is 3.64. The van der Waals surface area contributed by atoms with Gasteiger partial charge >= 0.3 is 0 Å². The predicted molar refractivity (Wildman–Crippen MR) is 58.3 cm³/mol. The Labute approximate surface area is 90.4 Å². The lowest BCUT2D eigenvalue weighted by atomic mass is 10.1. The van der Waals surface area contributed by atoms with Gasteiger partial charge in [-0.3, -0.25) is 0 Å². The van der Waals surface area contributed by atoms with E-state index in [1.165, 1.54) is 0 Å². The summed E-state index contributed by atoms with van der Waals surface area (Å²) in [7, 11) is 1.65. The minimum atomic E-state index is 0.308. The van der Waals surface area contributed by atoms with Crippen LogP contribution in [0.3, 0.4) is 0 Å². The molecule has 81 valence electrons. The molecule has 1 aliphatic rings. The van der Waals surface area contributed by atoms with Crippen molar-refractivity contribution in [3.05, 3.63) is 24.3 Å². The Balaban J connectivity index is 2.02. The van der Waals surface area contributed by atoms with Gasteiger partial charge in [0.05, 0.1) is 7.11 Å². The van der Waals surface area contributed by atoms with Gasteiger partial charge in [0.1, 0.15) is 6.10 Å². The van der Waals surface area contributed by atoms with Gasteiger partial charge in [0, 0.05) is 0 Å². The third-order valence-electron chi connectivity index (χ3n) is 2.59. The van der Waals surface area contributed by atoms with E-state index in [0.29, 0.717) is 6.10 Å². The Morgan fingerprint density at radius 2 is 2.13 bits per heavy atom. The lowest BCUT2D eigenvalue weighted by Crippen LogP contribution is -2.34. The van der Waals surface area contributed by atoms with Crippen molar-refractivity contribution in [1.82, 2.24) is 5.32 Å². The van der Waals surface area contributed by atoms with Crippen LogP contribution in [0.5, 0.6) is 11.5 Å². The van der Waals surface area contributed by atoms with Gasteiger partial charge in [0.25, 0.3) is 0 Å². The first-order valence-corrected chi connectivity index (χ1v) is 5.31. The second kappa shape index (κ2) is 5.03. The molecule has 1 aromatic rings. The largest absolute Gasteiger partial charge is 0.493 e. The van der Waals surface area contributed by atoms with Gasteiger partial charge in [-0.15, -0.1) is 0 Å². The van der Waals surface area contributed by atoms with E-state index in [9.17, 15) is 0 Å². The van der Waals surface area contributed by atoms with Crippen LogP contribution in [0.25, 0.3) is 0 Å². The monoisotopic (exact) mass is 206 g/mol. The second-order valence-corrected chi connectivity index (χ2v) is 3.64. The van der Waals surface area contributed by atoms with E-state index in [2.05, 4.69) is 11.4 Å². The van der Waals surface area contributed by atoms with Gasteiger partial charge in [-0.1, -0.05) is 6.07 Å². The van der Waals surface area contributed by atoms with E-state index in [-0.39, 0.29) is 0 Å². The molecule has 0 atom stereocenters. The number of nitrogens with one attached hydrogen (secondary N) is 1. The number of hydrogen-bond acceptors (Lipinski definition) is 3. The van der Waals surface area contributed by atoms with Crippen LogP contribution < -0.4 is 14.8 Å². The Bertz CT molecular complexity index is 308. The summed E-state index contributed by atoms with van der Waals surface area (Å²) in [4.78, 5) is 0. The maximum atomic E-state index is 5.89. The first-order valence-electron chi connectivity index (χ1n) is 5.31. The van der Waals surface area contributed by atoms with Crippen LogP contribution in [0.1, 0.15) is 12.8 Å². The first-order chi connectivity index (χ1) is 7.40. The third kappa shape index (κ3) is 2.63. The van der Waals surface area contributed by atoms with Crippen molar-refractivity contribution in [2.75, 3.05) is 20.2 Å². The average molecular weight is 206 g/mol. The fourth-order valence-electron chi connectivity index (χ4n) is 1.75. The molecule has 0 bridgehead atoms. The van der Waals surface area contributed by atoms with Crippen LogP contribution in [0.2, 0.25) is 0 Å². The Kier molecular flexibility index (Phi) is 3.45. The highest BCUT2D eigenvalue weighted by Gasteiger charge is 2.15. The van der Waals surface area contributed by atoms with Gasteiger partial charge in [0.2, 0.25) is 0 Å². The highest BCUT2D eigenvalue weighted by Crippen LogP contribution is 2.27. The lowest BCUT2D eigenvalue weighted by Gasteiger charge is -2.24. The molecule has 0 saturated carbocycles. The normalized spacial score (nSPS) is 17.4. The highest BCUT2D eigenvalue weighted by atomic mass is 16.5. The maximum absolute atomic E-state index is 5.89. The van der Waals surface area contributed by atoms with Crippen LogP contribution in [-0.4, -0.2) is 26.3 Å². The number of benzene rings is 1. The molecule has 1 fully saturated rings. The molecule has 15 heavy (non-hydrogen) atoms. The predicted octanol–water partition coefficient (Wildman–Crippen LogP) is 1.63. The van der Waals surface area contributed by atoms with E-state index < -0.39 is 0 Å². The number of methoxy groups -OCH3 is 1. The van der Waals surface area contributed by atoms with Crippen LogP contribution in [0.4, 0.5) is 0 Å². The molecule has 2 rings (SSSR count). The van der Waals surface area contributed by atoms with E-state index in [1.54, 1.807) is 13.2 Å². The number of piperidine rings is 1. The van der Waals surface area contributed by atoms with Crippen molar-refractivity contribution < 1.29 is 9.47 Å². The minimum absolute atomic E-state index is 0.308. The smallest absolute Gasteiger partial charge is 0.161 e. The molecule has 3 nitrogen and oxygen atoms in total. The van der Waals surface area contributed by atoms with Crippen molar-refractivity contribution in [3.63, 3.8) is 0 Å². The number of ether oxygens (including phenoxy) is 2. The molecule has 0 unspecified atom stereocenters. The fraction of sp³-hybridized carbons (Fsp3) is 0.500. The van der Waals surface area contributed by atoms with Crippen molar-refractivity contribution in [3.8, 4) is 11.5 Å². The molecule has 1 N–H and O–H groups in total. The summed E-state index contributed by atoms with van der Waals surface area (Å²) in [6.07, 6.45) is 2.42. The standard InChI is InChI=1S/C12H16NO2/c1-14-11-4-2-3-5-12(11)15-10-6-8-13-9-7-10/h3-5,10,13H,6-9H2,1H3. The van der Waals surface area contributed by atoms with Crippen LogP contribution in [-0.2, 0) is 0 Å². The molecule has 3 heteroatoms. The molecular weight excluding hydrogens is 190 g/mol. The number of rotatable bonds is 3. The molecule has 1 heterocycles. The van der Waals surface area contributed by atoms with Crippen LogP contribution >= 0.6 is 0 Å². The van der Waals surface area contributed by atoms with Gasteiger partial charge in [0.15, 0.2) is 11.5 Å². The minimum Gasteiger partial charge on any atom is -0.493 e. The zero-order valence-corrected chi connectivity index (χ0v) is 8.95. The SMILES string of the molecule is COc1c[c]ccc1OC1CCNCC1. The van der Waals surface area contributed by atoms with E-state index in [1.807, 2.05) is 12.1 Å². The van der Waals surface area contributed by atoms with E-state index in [4.69, 9.17) is 9.47 Å². The zero-order valence-electron chi connectivity index (χ0n) is 8.95. The van der Waals surface area contributed by atoms with E-state index >= 15 is 0 Å². The highest BCUT2D eigenvalue weighted by molar-refractivity contribution is 5.39. The molecule has 0 aliphatic carbocycles. The molecule has 0 aromatic heterocycles.